The van der Waals surface area contributed by atoms with Gasteiger partial charge in [0.2, 0.25) is 0 Å². The number of carbonyl (C=O) groups excluding carboxylic acids is 1. The topological polar surface area (TPSA) is 63.2 Å². The van der Waals surface area contributed by atoms with Gasteiger partial charge in [0.05, 0.1) is 29.5 Å². The first kappa shape index (κ1) is 21.2. The summed E-state index contributed by atoms with van der Waals surface area (Å²) < 4.78 is 13.2. The van der Waals surface area contributed by atoms with Crippen LogP contribution in [0.4, 0.5) is 0 Å². The van der Waals surface area contributed by atoms with E-state index in [0.717, 1.165) is 38.0 Å². The molecule has 0 aromatic heterocycles. The number of nitrogens with zero attached hydrogens (tertiary/aromatic N) is 2. The average molecular weight is 558 g/mol. The number of hydrogen-bond donors (Lipinski definition) is 1. The Morgan fingerprint density at radius 3 is 2.71 bits per heavy atom. The molecule has 6 nitrogen and oxygen atoms in total. The van der Waals surface area contributed by atoms with E-state index < -0.39 is 0 Å². The number of benzene rings is 2. The fourth-order valence-corrected chi connectivity index (χ4v) is 3.59. The second-order valence-electron chi connectivity index (χ2n) is 6.29. The highest BCUT2D eigenvalue weighted by Crippen LogP contribution is 2.23. The Morgan fingerprint density at radius 2 is 2.00 bits per heavy atom. The van der Waals surface area contributed by atoms with Gasteiger partial charge in [-0.15, -0.1) is 0 Å². The number of amides is 1. The van der Waals surface area contributed by atoms with Crippen LogP contribution in [0.25, 0.3) is 0 Å². The zero-order valence-electron chi connectivity index (χ0n) is 15.2. The van der Waals surface area contributed by atoms with Gasteiger partial charge in [0.1, 0.15) is 12.4 Å². The maximum Gasteiger partial charge on any atom is 0.254 e. The SMILES string of the molecule is O=C(CN1CCOCC1)N/N=C/c1ccc(OCc2ccc(Br)cc2)c(I)c1. The Morgan fingerprint density at radius 1 is 1.25 bits per heavy atom. The van der Waals surface area contributed by atoms with Crippen LogP contribution in [0.5, 0.6) is 5.75 Å². The second kappa shape index (κ2) is 10.9. The third kappa shape index (κ3) is 6.84. The minimum atomic E-state index is -0.123. The molecule has 1 aliphatic heterocycles. The van der Waals surface area contributed by atoms with Crippen molar-refractivity contribution in [2.45, 2.75) is 6.61 Å². The molecule has 0 saturated carbocycles. The predicted octanol–water partition coefficient (Wildman–Crippen LogP) is 3.42. The minimum Gasteiger partial charge on any atom is -0.488 e. The van der Waals surface area contributed by atoms with Crippen molar-refractivity contribution in [1.29, 1.82) is 0 Å². The lowest BCUT2D eigenvalue weighted by molar-refractivity contribution is -0.123. The summed E-state index contributed by atoms with van der Waals surface area (Å²) >= 11 is 5.66. The van der Waals surface area contributed by atoms with Crippen LogP contribution in [0.1, 0.15) is 11.1 Å². The Bertz CT molecular complexity index is 824. The van der Waals surface area contributed by atoms with E-state index in [0.29, 0.717) is 26.4 Å². The number of morpholine rings is 1. The summed E-state index contributed by atoms with van der Waals surface area (Å²) in [6, 6.07) is 13.8. The molecule has 148 valence electrons. The summed E-state index contributed by atoms with van der Waals surface area (Å²) in [6.45, 7) is 3.74. The number of hydrazone groups is 1. The minimum absolute atomic E-state index is 0.123. The number of carbonyl (C=O) groups is 1. The quantitative estimate of drug-likeness (QED) is 0.322. The largest absolute Gasteiger partial charge is 0.488 e. The molecule has 1 heterocycles. The summed E-state index contributed by atoms with van der Waals surface area (Å²) in [5, 5.41) is 4.05. The highest BCUT2D eigenvalue weighted by atomic mass is 127. The van der Waals surface area contributed by atoms with Gasteiger partial charge in [-0.25, -0.2) is 5.43 Å². The summed E-state index contributed by atoms with van der Waals surface area (Å²) in [5.41, 5.74) is 4.57. The first-order valence-corrected chi connectivity index (χ1v) is 10.8. The van der Waals surface area contributed by atoms with Crippen LogP contribution in [0.2, 0.25) is 0 Å². The Balaban J connectivity index is 1.48. The standard InChI is InChI=1S/C20H21BrIN3O3/c21-17-4-1-15(2-5-17)14-28-19-6-3-16(11-18(19)22)12-23-24-20(26)13-25-7-9-27-10-8-25/h1-6,11-12H,7-10,13-14H2,(H,24,26)/b23-12+. The molecule has 28 heavy (non-hydrogen) atoms. The molecule has 0 unspecified atom stereocenters. The van der Waals surface area contributed by atoms with Crippen molar-refractivity contribution >= 4 is 50.6 Å². The number of rotatable bonds is 7. The molecule has 3 rings (SSSR count). The molecule has 1 saturated heterocycles. The first-order chi connectivity index (χ1) is 13.6. The van der Waals surface area contributed by atoms with E-state index in [4.69, 9.17) is 9.47 Å². The van der Waals surface area contributed by atoms with Crippen molar-refractivity contribution in [2.75, 3.05) is 32.8 Å². The van der Waals surface area contributed by atoms with Gasteiger partial charge in [-0.2, -0.15) is 5.10 Å². The van der Waals surface area contributed by atoms with Crippen LogP contribution < -0.4 is 10.2 Å². The van der Waals surface area contributed by atoms with Crippen LogP contribution in [0, 0.1) is 3.57 Å². The van der Waals surface area contributed by atoms with Gasteiger partial charge in [0, 0.05) is 17.6 Å². The normalized spacial score (nSPS) is 14.9. The van der Waals surface area contributed by atoms with Crippen molar-refractivity contribution in [3.63, 3.8) is 0 Å². The summed E-state index contributed by atoms with van der Waals surface area (Å²) in [7, 11) is 0. The Labute approximate surface area is 186 Å². The maximum absolute atomic E-state index is 11.9. The van der Waals surface area contributed by atoms with E-state index in [9.17, 15) is 4.79 Å². The van der Waals surface area contributed by atoms with Gasteiger partial charge in [0.25, 0.3) is 5.91 Å². The molecule has 1 fully saturated rings. The highest BCUT2D eigenvalue weighted by molar-refractivity contribution is 14.1. The molecule has 1 amide bonds. The van der Waals surface area contributed by atoms with E-state index in [1.54, 1.807) is 6.21 Å². The summed E-state index contributed by atoms with van der Waals surface area (Å²) in [6.07, 6.45) is 1.64. The van der Waals surface area contributed by atoms with E-state index in [1.807, 2.05) is 42.5 Å². The lowest BCUT2D eigenvalue weighted by Gasteiger charge is -2.25. The molecule has 0 atom stereocenters. The van der Waals surface area contributed by atoms with Gasteiger partial charge in [-0.3, -0.25) is 9.69 Å². The molecule has 8 heteroatoms. The number of ether oxygens (including phenoxy) is 2. The highest BCUT2D eigenvalue weighted by Gasteiger charge is 2.13. The Hall–Kier alpha value is -1.49. The van der Waals surface area contributed by atoms with Crippen molar-refractivity contribution in [2.24, 2.45) is 5.10 Å². The maximum atomic E-state index is 11.9. The van der Waals surface area contributed by atoms with Crippen molar-refractivity contribution in [3.8, 4) is 5.75 Å². The number of nitrogens with one attached hydrogen (secondary N) is 1. The van der Waals surface area contributed by atoms with Crippen LogP contribution in [0.15, 0.2) is 52.0 Å². The fraction of sp³-hybridized carbons (Fsp3) is 0.300. The van der Waals surface area contributed by atoms with Gasteiger partial charge in [0.15, 0.2) is 0 Å². The fourth-order valence-electron chi connectivity index (χ4n) is 2.63. The molecule has 0 spiro atoms. The monoisotopic (exact) mass is 557 g/mol. The molecule has 1 aliphatic rings. The summed E-state index contributed by atoms with van der Waals surface area (Å²) in [4.78, 5) is 14.0. The summed E-state index contributed by atoms with van der Waals surface area (Å²) in [5.74, 6) is 0.694. The Kier molecular flexibility index (Phi) is 8.26. The van der Waals surface area contributed by atoms with Gasteiger partial charge >= 0.3 is 0 Å². The van der Waals surface area contributed by atoms with E-state index in [2.05, 4.69) is 53.9 Å². The second-order valence-corrected chi connectivity index (χ2v) is 8.36. The van der Waals surface area contributed by atoms with Crippen molar-refractivity contribution in [1.82, 2.24) is 10.3 Å². The molecule has 2 aromatic rings. The molecule has 0 bridgehead atoms. The van der Waals surface area contributed by atoms with E-state index in [1.165, 1.54) is 0 Å². The molecule has 0 aliphatic carbocycles. The predicted molar refractivity (Wildman–Crippen MR) is 121 cm³/mol. The van der Waals surface area contributed by atoms with Crippen LogP contribution in [-0.4, -0.2) is 49.9 Å². The van der Waals surface area contributed by atoms with Crippen molar-refractivity contribution in [3.05, 3.63) is 61.6 Å². The smallest absolute Gasteiger partial charge is 0.254 e. The number of halogens is 2. The molecule has 0 radical (unpaired) electrons. The first-order valence-electron chi connectivity index (χ1n) is 8.89. The van der Waals surface area contributed by atoms with Gasteiger partial charge in [-0.1, -0.05) is 28.1 Å². The van der Waals surface area contributed by atoms with Gasteiger partial charge in [-0.05, 0) is 64.0 Å². The average Bonchev–Trinajstić information content (AvgIpc) is 2.69. The third-order valence-electron chi connectivity index (χ3n) is 4.14. The molecule has 1 N–H and O–H groups in total. The molecular formula is C20H21BrIN3O3. The third-order valence-corrected chi connectivity index (χ3v) is 5.51. The van der Waals surface area contributed by atoms with Crippen LogP contribution >= 0.6 is 38.5 Å². The molecular weight excluding hydrogens is 537 g/mol. The zero-order chi connectivity index (χ0) is 19.8. The lowest BCUT2D eigenvalue weighted by Crippen LogP contribution is -2.42. The molecule has 2 aromatic carbocycles. The van der Waals surface area contributed by atoms with Crippen LogP contribution in [0.3, 0.4) is 0 Å². The van der Waals surface area contributed by atoms with Crippen molar-refractivity contribution < 1.29 is 14.3 Å². The number of hydrogen-bond acceptors (Lipinski definition) is 5. The van der Waals surface area contributed by atoms with Gasteiger partial charge < -0.3 is 9.47 Å². The zero-order valence-corrected chi connectivity index (χ0v) is 19.0. The van der Waals surface area contributed by atoms with E-state index in [-0.39, 0.29) is 5.91 Å². The van der Waals surface area contributed by atoms with Crippen LogP contribution in [-0.2, 0) is 16.1 Å². The lowest BCUT2D eigenvalue weighted by atomic mass is 10.2. The van der Waals surface area contributed by atoms with E-state index >= 15 is 0 Å².